The van der Waals surface area contributed by atoms with Gasteiger partial charge in [0.05, 0.1) is 7.11 Å². The summed E-state index contributed by atoms with van der Waals surface area (Å²) in [7, 11) is 1.44. The maximum absolute atomic E-state index is 13.8. The zero-order valence-corrected chi connectivity index (χ0v) is 14.7. The van der Waals surface area contributed by atoms with E-state index in [0.29, 0.717) is 29.5 Å². The van der Waals surface area contributed by atoms with Gasteiger partial charge >= 0.3 is 0 Å². The molecule has 0 atom stereocenters. The summed E-state index contributed by atoms with van der Waals surface area (Å²) in [5.41, 5.74) is 0.560. The van der Waals surface area contributed by atoms with Crippen LogP contribution in [0.25, 0.3) is 0 Å². The Bertz CT molecular complexity index is 717. The summed E-state index contributed by atoms with van der Waals surface area (Å²) >= 11 is 0. The van der Waals surface area contributed by atoms with Gasteiger partial charge in [-0.25, -0.2) is 4.39 Å². The second-order valence-corrected chi connectivity index (χ2v) is 6.34. The quantitative estimate of drug-likeness (QED) is 0.791. The first kappa shape index (κ1) is 17.4. The molecule has 0 radical (unpaired) electrons. The molecule has 1 aliphatic carbocycles. The summed E-state index contributed by atoms with van der Waals surface area (Å²) in [6.45, 7) is 1.82. The lowest BCUT2D eigenvalue weighted by atomic mass is 10.1. The molecule has 1 fully saturated rings. The van der Waals surface area contributed by atoms with Gasteiger partial charge in [-0.2, -0.15) is 15.0 Å². The Balaban J connectivity index is 1.73. The fraction of sp³-hybridized carbons (Fsp3) is 0.500. The first-order chi connectivity index (χ1) is 12.1. The molecule has 0 aliphatic heterocycles. The second-order valence-electron chi connectivity index (χ2n) is 6.34. The minimum atomic E-state index is -0.435. The summed E-state index contributed by atoms with van der Waals surface area (Å²) in [6, 6.07) is 5.04. The summed E-state index contributed by atoms with van der Waals surface area (Å²) in [5, 5.41) is 6.45. The molecule has 0 unspecified atom stereocenters. The van der Waals surface area contributed by atoms with E-state index in [4.69, 9.17) is 4.74 Å². The Morgan fingerprint density at radius 2 is 1.76 bits per heavy atom. The molecule has 1 saturated carbocycles. The zero-order valence-electron chi connectivity index (χ0n) is 14.7. The van der Waals surface area contributed by atoms with Gasteiger partial charge in [-0.1, -0.05) is 25.7 Å². The van der Waals surface area contributed by atoms with Gasteiger partial charge in [-0.3, -0.25) is 0 Å². The summed E-state index contributed by atoms with van der Waals surface area (Å²) in [5.74, 6) is 1.34. The number of anilines is 3. The van der Waals surface area contributed by atoms with Crippen molar-refractivity contribution in [2.24, 2.45) is 0 Å². The third kappa shape index (κ3) is 4.78. The van der Waals surface area contributed by atoms with E-state index < -0.39 is 5.82 Å². The highest BCUT2D eigenvalue weighted by molar-refractivity contribution is 5.55. The smallest absolute Gasteiger partial charge is 0.232 e. The van der Waals surface area contributed by atoms with E-state index in [1.807, 2.05) is 6.92 Å². The summed E-state index contributed by atoms with van der Waals surface area (Å²) in [6.07, 6.45) is 7.33. The summed E-state index contributed by atoms with van der Waals surface area (Å²) < 4.78 is 18.8. The molecule has 7 heteroatoms. The van der Waals surface area contributed by atoms with E-state index in [1.54, 1.807) is 12.1 Å². The van der Waals surface area contributed by atoms with Crippen molar-refractivity contribution in [1.82, 2.24) is 15.0 Å². The SMILES string of the molecule is COc1ccc(Nc2nc(C)nc(NC3CCCCCC3)n2)cc1F. The average Bonchev–Trinajstić information content (AvgIpc) is 2.83. The molecule has 0 amide bonds. The maximum atomic E-state index is 13.8. The molecule has 1 heterocycles. The largest absolute Gasteiger partial charge is 0.494 e. The monoisotopic (exact) mass is 345 g/mol. The van der Waals surface area contributed by atoms with Crippen molar-refractivity contribution < 1.29 is 9.13 Å². The van der Waals surface area contributed by atoms with Crippen LogP contribution < -0.4 is 15.4 Å². The number of hydrogen-bond acceptors (Lipinski definition) is 6. The van der Waals surface area contributed by atoms with Crippen molar-refractivity contribution in [2.75, 3.05) is 17.7 Å². The average molecular weight is 345 g/mol. The van der Waals surface area contributed by atoms with Crippen molar-refractivity contribution in [3.8, 4) is 5.75 Å². The molecule has 134 valence electrons. The standard InChI is InChI=1S/C18H24FN5O/c1-12-20-17(22-13-7-5-3-4-6-8-13)24-18(21-12)23-14-9-10-16(25-2)15(19)11-14/h9-11,13H,3-8H2,1-2H3,(H2,20,21,22,23,24). The Morgan fingerprint density at radius 3 is 2.44 bits per heavy atom. The molecule has 1 aromatic heterocycles. The molecule has 1 aromatic carbocycles. The van der Waals surface area contributed by atoms with Crippen LogP contribution in [0.5, 0.6) is 5.75 Å². The lowest BCUT2D eigenvalue weighted by Gasteiger charge is -2.17. The van der Waals surface area contributed by atoms with Crippen molar-refractivity contribution in [2.45, 2.75) is 51.5 Å². The molecule has 1 aliphatic rings. The molecule has 0 spiro atoms. The van der Waals surface area contributed by atoms with Crippen LogP contribution in [0.2, 0.25) is 0 Å². The highest BCUT2D eigenvalue weighted by Gasteiger charge is 2.14. The van der Waals surface area contributed by atoms with E-state index in [2.05, 4.69) is 25.6 Å². The van der Waals surface area contributed by atoms with E-state index in [1.165, 1.54) is 38.9 Å². The number of nitrogens with one attached hydrogen (secondary N) is 2. The molecule has 2 N–H and O–H groups in total. The predicted molar refractivity (Wildman–Crippen MR) is 95.9 cm³/mol. The van der Waals surface area contributed by atoms with Gasteiger partial charge in [0.25, 0.3) is 0 Å². The van der Waals surface area contributed by atoms with Crippen molar-refractivity contribution in [3.05, 3.63) is 29.8 Å². The van der Waals surface area contributed by atoms with Crippen LogP contribution in [0.4, 0.5) is 22.0 Å². The van der Waals surface area contributed by atoms with Crippen molar-refractivity contribution >= 4 is 17.6 Å². The van der Waals surface area contributed by atoms with Crippen LogP contribution >= 0.6 is 0 Å². The molecule has 0 saturated heterocycles. The number of rotatable bonds is 5. The van der Waals surface area contributed by atoms with Crippen LogP contribution in [-0.2, 0) is 0 Å². The number of aryl methyl sites for hydroxylation is 1. The normalized spacial score (nSPS) is 15.5. The summed E-state index contributed by atoms with van der Waals surface area (Å²) in [4.78, 5) is 13.1. The van der Waals surface area contributed by atoms with Gasteiger partial charge in [0.2, 0.25) is 11.9 Å². The molecule has 0 bridgehead atoms. The number of ether oxygens (including phenoxy) is 1. The zero-order chi connectivity index (χ0) is 17.6. The highest BCUT2D eigenvalue weighted by Crippen LogP contribution is 2.23. The first-order valence-corrected chi connectivity index (χ1v) is 8.74. The topological polar surface area (TPSA) is 72.0 Å². The minimum absolute atomic E-state index is 0.202. The maximum Gasteiger partial charge on any atom is 0.232 e. The first-order valence-electron chi connectivity index (χ1n) is 8.74. The molecule has 6 nitrogen and oxygen atoms in total. The number of nitrogens with zero attached hydrogens (tertiary/aromatic N) is 3. The van der Waals surface area contributed by atoms with Gasteiger partial charge in [-0.15, -0.1) is 0 Å². The number of hydrogen-bond donors (Lipinski definition) is 2. The van der Waals surface area contributed by atoms with E-state index in [0.717, 1.165) is 12.8 Å². The molecule has 3 rings (SSSR count). The lowest BCUT2D eigenvalue weighted by molar-refractivity contribution is 0.386. The number of aromatic nitrogens is 3. The molecule has 25 heavy (non-hydrogen) atoms. The van der Waals surface area contributed by atoms with Crippen LogP contribution in [-0.4, -0.2) is 28.1 Å². The van der Waals surface area contributed by atoms with E-state index >= 15 is 0 Å². The molecular weight excluding hydrogens is 321 g/mol. The van der Waals surface area contributed by atoms with Crippen molar-refractivity contribution in [1.29, 1.82) is 0 Å². The lowest BCUT2D eigenvalue weighted by Crippen LogP contribution is -2.20. The van der Waals surface area contributed by atoms with Gasteiger partial charge in [0.1, 0.15) is 5.82 Å². The van der Waals surface area contributed by atoms with Gasteiger partial charge in [0, 0.05) is 17.8 Å². The third-order valence-corrected chi connectivity index (χ3v) is 4.34. The highest BCUT2D eigenvalue weighted by atomic mass is 19.1. The second kappa shape index (κ2) is 8.09. The molecule has 2 aromatic rings. The van der Waals surface area contributed by atoms with Crippen LogP contribution in [0, 0.1) is 12.7 Å². The Morgan fingerprint density at radius 1 is 1.04 bits per heavy atom. The fourth-order valence-corrected chi connectivity index (χ4v) is 3.08. The van der Waals surface area contributed by atoms with Crippen molar-refractivity contribution in [3.63, 3.8) is 0 Å². The number of benzene rings is 1. The minimum Gasteiger partial charge on any atom is -0.494 e. The van der Waals surface area contributed by atoms with Gasteiger partial charge in [-0.05, 0) is 31.9 Å². The Hall–Kier alpha value is -2.44. The fourth-order valence-electron chi connectivity index (χ4n) is 3.08. The van der Waals surface area contributed by atoms with Crippen LogP contribution in [0.3, 0.4) is 0 Å². The van der Waals surface area contributed by atoms with Gasteiger partial charge in [0.15, 0.2) is 11.6 Å². The van der Waals surface area contributed by atoms with Gasteiger partial charge < -0.3 is 15.4 Å². The Labute approximate surface area is 147 Å². The van der Waals surface area contributed by atoms with Crippen LogP contribution in [0.15, 0.2) is 18.2 Å². The third-order valence-electron chi connectivity index (χ3n) is 4.34. The van der Waals surface area contributed by atoms with E-state index in [9.17, 15) is 4.39 Å². The molecular formula is C18H24FN5O. The number of halogens is 1. The predicted octanol–water partition coefficient (Wildman–Crippen LogP) is 4.21. The number of methoxy groups -OCH3 is 1. The van der Waals surface area contributed by atoms with Crippen LogP contribution in [0.1, 0.15) is 44.3 Å². The Kier molecular flexibility index (Phi) is 5.63. The van der Waals surface area contributed by atoms with E-state index in [-0.39, 0.29) is 5.75 Å².